The van der Waals surface area contributed by atoms with Crippen molar-refractivity contribution in [2.45, 2.75) is 11.1 Å². The van der Waals surface area contributed by atoms with Crippen LogP contribution < -0.4 is 9.47 Å². The van der Waals surface area contributed by atoms with Gasteiger partial charge in [0.1, 0.15) is 11.5 Å². The van der Waals surface area contributed by atoms with Gasteiger partial charge in [0.15, 0.2) is 6.61 Å². The Kier molecular flexibility index (Phi) is 6.75. The van der Waals surface area contributed by atoms with E-state index in [0.29, 0.717) is 5.75 Å². The van der Waals surface area contributed by atoms with Gasteiger partial charge in [-0.3, -0.25) is 4.79 Å². The minimum atomic E-state index is -4.44. The second kappa shape index (κ2) is 9.15. The molecule has 31 heavy (non-hydrogen) atoms. The fourth-order valence-corrected chi connectivity index (χ4v) is 4.49. The maximum atomic E-state index is 12.8. The van der Waals surface area contributed by atoms with Crippen LogP contribution in [0, 0.1) is 0 Å². The number of benzene rings is 2. The van der Waals surface area contributed by atoms with Gasteiger partial charge in [-0.05, 0) is 48.5 Å². The number of nitrogens with zero attached hydrogens (tertiary/aromatic N) is 2. The highest BCUT2D eigenvalue weighted by molar-refractivity contribution is 7.89. The SMILES string of the molecule is COc1ccc(S(=O)(=O)N2CCN(C(=O)c3ccc(OCC(F)(F)F)cc3)CC2)cc1. The number of methoxy groups -OCH3 is 1. The maximum Gasteiger partial charge on any atom is 0.422 e. The first-order valence-corrected chi connectivity index (χ1v) is 10.8. The molecule has 0 spiro atoms. The molecule has 11 heteroatoms. The normalized spacial score (nSPS) is 15.5. The van der Waals surface area contributed by atoms with Gasteiger partial charge in [-0.25, -0.2) is 8.42 Å². The minimum Gasteiger partial charge on any atom is -0.497 e. The molecule has 3 rings (SSSR count). The number of carbonyl (C=O) groups excluding carboxylic acids is 1. The zero-order chi connectivity index (χ0) is 22.6. The van der Waals surface area contributed by atoms with E-state index >= 15 is 0 Å². The summed E-state index contributed by atoms with van der Waals surface area (Å²) in [6, 6.07) is 11.4. The second-order valence-corrected chi connectivity index (χ2v) is 8.74. The fourth-order valence-electron chi connectivity index (χ4n) is 3.07. The Hall–Kier alpha value is -2.79. The van der Waals surface area contributed by atoms with Crippen LogP contribution in [0.25, 0.3) is 0 Å². The monoisotopic (exact) mass is 458 g/mol. The number of ether oxygens (including phenoxy) is 2. The average molecular weight is 458 g/mol. The largest absolute Gasteiger partial charge is 0.497 e. The molecule has 0 unspecified atom stereocenters. The van der Waals surface area contributed by atoms with Crippen molar-refractivity contribution in [2.75, 3.05) is 39.9 Å². The molecular formula is C20H21F3N2O5S. The van der Waals surface area contributed by atoms with Crippen molar-refractivity contribution in [3.05, 3.63) is 54.1 Å². The molecule has 0 aliphatic carbocycles. The third-order valence-corrected chi connectivity index (χ3v) is 6.64. The third kappa shape index (κ3) is 5.67. The molecular weight excluding hydrogens is 437 g/mol. The molecule has 2 aromatic carbocycles. The number of sulfonamides is 1. The predicted octanol–water partition coefficient (Wildman–Crippen LogP) is 2.78. The standard InChI is InChI=1S/C20H21F3N2O5S/c1-29-16-6-8-18(9-7-16)31(27,28)25-12-10-24(11-13-25)19(26)15-2-4-17(5-3-15)30-14-20(21,22)23/h2-9H,10-14H2,1H3. The number of halogens is 3. The van der Waals surface area contributed by atoms with Crippen LogP contribution in [0.15, 0.2) is 53.4 Å². The van der Waals surface area contributed by atoms with E-state index in [1.54, 1.807) is 12.1 Å². The number of amides is 1. The minimum absolute atomic E-state index is 0.00396. The molecule has 1 saturated heterocycles. The van der Waals surface area contributed by atoms with E-state index in [4.69, 9.17) is 4.74 Å². The lowest BCUT2D eigenvalue weighted by Gasteiger charge is -2.34. The van der Waals surface area contributed by atoms with Gasteiger partial charge in [-0.1, -0.05) is 0 Å². The first kappa shape index (κ1) is 22.9. The quantitative estimate of drug-likeness (QED) is 0.666. The van der Waals surface area contributed by atoms with Crippen molar-refractivity contribution in [3.8, 4) is 11.5 Å². The number of hydrogen-bond donors (Lipinski definition) is 0. The van der Waals surface area contributed by atoms with Crippen molar-refractivity contribution in [3.63, 3.8) is 0 Å². The van der Waals surface area contributed by atoms with Gasteiger partial charge in [0.05, 0.1) is 12.0 Å². The summed E-state index contributed by atoms with van der Waals surface area (Å²) in [5.74, 6) is 0.220. The summed E-state index contributed by atoms with van der Waals surface area (Å²) in [6.45, 7) is -0.758. The molecule has 168 valence electrons. The lowest BCUT2D eigenvalue weighted by atomic mass is 10.2. The Labute approximate surface area is 178 Å². The number of carbonyl (C=O) groups is 1. The summed E-state index contributed by atoms with van der Waals surface area (Å²) in [5, 5.41) is 0. The van der Waals surface area contributed by atoms with Crippen LogP contribution in [0.2, 0.25) is 0 Å². The first-order chi connectivity index (χ1) is 14.6. The number of piperazine rings is 1. The highest BCUT2D eigenvalue weighted by Gasteiger charge is 2.31. The summed E-state index contributed by atoms with van der Waals surface area (Å²) in [4.78, 5) is 14.3. The van der Waals surface area contributed by atoms with Gasteiger partial charge >= 0.3 is 6.18 Å². The van der Waals surface area contributed by atoms with Gasteiger partial charge in [0, 0.05) is 31.7 Å². The van der Waals surface area contributed by atoms with Crippen molar-refractivity contribution in [1.29, 1.82) is 0 Å². The Morgan fingerprint density at radius 1 is 0.935 bits per heavy atom. The van der Waals surface area contributed by atoms with Crippen molar-refractivity contribution in [2.24, 2.45) is 0 Å². The first-order valence-electron chi connectivity index (χ1n) is 9.33. The van der Waals surface area contributed by atoms with Crippen LogP contribution in [0.3, 0.4) is 0 Å². The topological polar surface area (TPSA) is 76.2 Å². The molecule has 0 saturated carbocycles. The summed E-state index contributed by atoms with van der Waals surface area (Å²) in [7, 11) is -2.20. The summed E-state index contributed by atoms with van der Waals surface area (Å²) in [5.41, 5.74) is 0.283. The third-order valence-electron chi connectivity index (χ3n) is 4.73. The highest BCUT2D eigenvalue weighted by atomic mass is 32.2. The van der Waals surface area contributed by atoms with Crippen LogP contribution in [-0.2, 0) is 10.0 Å². The molecule has 0 N–H and O–H groups in total. The Balaban J connectivity index is 1.59. The molecule has 1 fully saturated rings. The molecule has 1 aliphatic rings. The number of hydrogen-bond acceptors (Lipinski definition) is 5. The van der Waals surface area contributed by atoms with Crippen LogP contribution in [0.5, 0.6) is 11.5 Å². The van der Waals surface area contributed by atoms with E-state index < -0.39 is 22.8 Å². The van der Waals surface area contributed by atoms with Crippen molar-refractivity contribution in [1.82, 2.24) is 9.21 Å². The van der Waals surface area contributed by atoms with Gasteiger partial charge in [0.25, 0.3) is 5.91 Å². The molecule has 1 heterocycles. The lowest BCUT2D eigenvalue weighted by molar-refractivity contribution is -0.153. The molecule has 0 bridgehead atoms. The predicted molar refractivity (Wildman–Crippen MR) is 106 cm³/mol. The smallest absolute Gasteiger partial charge is 0.422 e. The van der Waals surface area contributed by atoms with Crippen molar-refractivity contribution < 1.29 is 35.9 Å². The Bertz CT molecular complexity index is 1000. The van der Waals surface area contributed by atoms with Crippen LogP contribution in [0.1, 0.15) is 10.4 Å². The van der Waals surface area contributed by atoms with E-state index in [9.17, 15) is 26.4 Å². The van der Waals surface area contributed by atoms with E-state index in [2.05, 4.69) is 4.74 Å². The fraction of sp³-hybridized carbons (Fsp3) is 0.350. The van der Waals surface area contributed by atoms with Crippen molar-refractivity contribution >= 4 is 15.9 Å². The molecule has 1 aliphatic heterocycles. The zero-order valence-corrected chi connectivity index (χ0v) is 17.4. The molecule has 0 atom stereocenters. The van der Waals surface area contributed by atoms with Gasteiger partial charge in [-0.2, -0.15) is 17.5 Å². The Morgan fingerprint density at radius 3 is 2.00 bits per heavy atom. The van der Waals surface area contributed by atoms with Crippen LogP contribution >= 0.6 is 0 Å². The summed E-state index contributed by atoms with van der Waals surface area (Å²) >= 11 is 0. The second-order valence-electron chi connectivity index (χ2n) is 6.80. The number of rotatable bonds is 6. The average Bonchev–Trinajstić information content (AvgIpc) is 2.77. The highest BCUT2D eigenvalue weighted by Crippen LogP contribution is 2.22. The number of alkyl halides is 3. The van der Waals surface area contributed by atoms with Gasteiger partial charge < -0.3 is 14.4 Å². The molecule has 2 aromatic rings. The van der Waals surface area contributed by atoms with Gasteiger partial charge in [-0.15, -0.1) is 0 Å². The van der Waals surface area contributed by atoms with E-state index in [-0.39, 0.29) is 48.3 Å². The van der Waals surface area contributed by atoms with E-state index in [1.165, 1.54) is 52.7 Å². The summed E-state index contributed by atoms with van der Waals surface area (Å²) in [6.07, 6.45) is -4.44. The van der Waals surface area contributed by atoms with Crippen LogP contribution in [0.4, 0.5) is 13.2 Å². The lowest BCUT2D eigenvalue weighted by Crippen LogP contribution is -2.50. The molecule has 0 aromatic heterocycles. The van der Waals surface area contributed by atoms with E-state index in [1.807, 2.05) is 0 Å². The molecule has 0 radical (unpaired) electrons. The molecule has 7 nitrogen and oxygen atoms in total. The molecule has 1 amide bonds. The van der Waals surface area contributed by atoms with Gasteiger partial charge in [0.2, 0.25) is 10.0 Å². The zero-order valence-electron chi connectivity index (χ0n) is 16.6. The maximum absolute atomic E-state index is 12.8. The Morgan fingerprint density at radius 2 is 1.48 bits per heavy atom. The summed E-state index contributed by atoms with van der Waals surface area (Å²) < 4.78 is 73.2. The van der Waals surface area contributed by atoms with E-state index in [0.717, 1.165) is 0 Å². The van der Waals surface area contributed by atoms with Crippen LogP contribution in [-0.4, -0.2) is 69.6 Å².